The van der Waals surface area contributed by atoms with Crippen LogP contribution >= 0.6 is 23.2 Å². The topological polar surface area (TPSA) is 72.2 Å². The van der Waals surface area contributed by atoms with Crippen molar-refractivity contribution in [3.05, 3.63) is 68.6 Å². The standard InChI is InChI=1S/C15H8Cl2N2O3/c16-8-5-6-12(11(17)7-8)19-14(20)10-4-2-1-3-9(10)13(18-19)15(21)22/h1-7H,(H,21,22). The molecule has 1 heterocycles. The summed E-state index contributed by atoms with van der Waals surface area (Å²) in [7, 11) is 0. The number of rotatable bonds is 2. The van der Waals surface area contributed by atoms with Crippen LogP contribution in [0, 0.1) is 0 Å². The quantitative estimate of drug-likeness (QED) is 0.779. The number of aromatic nitrogens is 2. The monoisotopic (exact) mass is 334 g/mol. The van der Waals surface area contributed by atoms with E-state index in [9.17, 15) is 14.7 Å². The average Bonchev–Trinajstić information content (AvgIpc) is 2.48. The van der Waals surface area contributed by atoms with Gasteiger partial charge in [0.2, 0.25) is 0 Å². The van der Waals surface area contributed by atoms with E-state index in [2.05, 4.69) is 5.10 Å². The molecule has 22 heavy (non-hydrogen) atoms. The number of aromatic carboxylic acids is 1. The van der Waals surface area contributed by atoms with E-state index < -0.39 is 11.5 Å². The van der Waals surface area contributed by atoms with Crippen LogP contribution < -0.4 is 5.56 Å². The molecule has 0 saturated heterocycles. The van der Waals surface area contributed by atoms with Gasteiger partial charge in [-0.25, -0.2) is 4.79 Å². The van der Waals surface area contributed by atoms with Crippen LogP contribution in [-0.2, 0) is 0 Å². The molecule has 0 saturated carbocycles. The molecule has 0 bridgehead atoms. The van der Waals surface area contributed by atoms with E-state index in [1.165, 1.54) is 12.1 Å². The second kappa shape index (κ2) is 5.44. The molecule has 0 aliphatic heterocycles. The van der Waals surface area contributed by atoms with E-state index in [1.807, 2.05) is 0 Å². The fourth-order valence-corrected chi connectivity index (χ4v) is 2.65. The minimum atomic E-state index is -1.23. The smallest absolute Gasteiger partial charge is 0.357 e. The zero-order valence-electron chi connectivity index (χ0n) is 11.0. The summed E-state index contributed by atoms with van der Waals surface area (Å²) in [5.74, 6) is -1.23. The zero-order chi connectivity index (χ0) is 15.9. The molecule has 1 N–H and O–H groups in total. The van der Waals surface area contributed by atoms with Gasteiger partial charge in [0.15, 0.2) is 5.69 Å². The van der Waals surface area contributed by atoms with Crippen LogP contribution in [0.15, 0.2) is 47.3 Å². The van der Waals surface area contributed by atoms with Gasteiger partial charge in [-0.1, -0.05) is 41.4 Å². The highest BCUT2D eigenvalue weighted by atomic mass is 35.5. The molecule has 0 spiro atoms. The molecule has 0 atom stereocenters. The summed E-state index contributed by atoms with van der Waals surface area (Å²) in [4.78, 5) is 24.0. The van der Waals surface area contributed by atoms with Crippen molar-refractivity contribution in [2.75, 3.05) is 0 Å². The maximum atomic E-state index is 12.6. The second-order valence-corrected chi connectivity index (χ2v) is 5.36. The highest BCUT2D eigenvalue weighted by Gasteiger charge is 2.17. The van der Waals surface area contributed by atoms with E-state index in [-0.39, 0.29) is 27.2 Å². The summed E-state index contributed by atoms with van der Waals surface area (Å²) >= 11 is 11.9. The van der Waals surface area contributed by atoms with E-state index in [4.69, 9.17) is 23.2 Å². The summed E-state index contributed by atoms with van der Waals surface area (Å²) < 4.78 is 0.977. The number of benzene rings is 2. The summed E-state index contributed by atoms with van der Waals surface area (Å²) in [6, 6.07) is 10.9. The van der Waals surface area contributed by atoms with Crippen LogP contribution in [0.3, 0.4) is 0 Å². The van der Waals surface area contributed by atoms with Crippen molar-refractivity contribution >= 4 is 39.9 Å². The number of carbonyl (C=O) groups is 1. The number of halogens is 2. The highest BCUT2D eigenvalue weighted by Crippen LogP contribution is 2.24. The molecular formula is C15H8Cl2N2O3. The molecule has 0 amide bonds. The molecule has 0 unspecified atom stereocenters. The normalized spacial score (nSPS) is 10.8. The van der Waals surface area contributed by atoms with E-state index in [0.29, 0.717) is 5.02 Å². The first kappa shape index (κ1) is 14.6. The highest BCUT2D eigenvalue weighted by molar-refractivity contribution is 6.35. The van der Waals surface area contributed by atoms with E-state index in [1.54, 1.807) is 30.3 Å². The van der Waals surface area contributed by atoms with Crippen LogP contribution in [0.25, 0.3) is 16.5 Å². The fourth-order valence-electron chi connectivity index (χ4n) is 2.16. The van der Waals surface area contributed by atoms with Crippen molar-refractivity contribution in [3.63, 3.8) is 0 Å². The Kier molecular flexibility index (Phi) is 3.60. The molecule has 0 fully saturated rings. The van der Waals surface area contributed by atoms with Crippen LogP contribution in [0.1, 0.15) is 10.5 Å². The predicted molar refractivity (Wildman–Crippen MR) is 84.3 cm³/mol. The predicted octanol–water partition coefficient (Wildman–Crippen LogP) is 3.39. The molecule has 0 radical (unpaired) electrons. The SMILES string of the molecule is O=C(O)c1nn(-c2ccc(Cl)cc2Cl)c(=O)c2ccccc12. The molecule has 2 aromatic carbocycles. The number of hydrogen-bond donors (Lipinski definition) is 1. The Morgan fingerprint density at radius 3 is 2.41 bits per heavy atom. The van der Waals surface area contributed by atoms with E-state index in [0.717, 1.165) is 4.68 Å². The molecule has 3 rings (SSSR count). The van der Waals surface area contributed by atoms with Crippen LogP contribution in [0.2, 0.25) is 10.0 Å². The Hall–Kier alpha value is -2.37. The number of carboxylic acids is 1. The van der Waals surface area contributed by atoms with Crippen LogP contribution in [0.5, 0.6) is 0 Å². The van der Waals surface area contributed by atoms with Crippen LogP contribution in [-0.4, -0.2) is 20.9 Å². The van der Waals surface area contributed by atoms with Crippen LogP contribution in [0.4, 0.5) is 0 Å². The lowest BCUT2D eigenvalue weighted by Gasteiger charge is -2.10. The number of hydrogen-bond acceptors (Lipinski definition) is 3. The van der Waals surface area contributed by atoms with Crippen molar-refractivity contribution in [1.82, 2.24) is 9.78 Å². The van der Waals surface area contributed by atoms with Gasteiger partial charge in [0, 0.05) is 10.4 Å². The van der Waals surface area contributed by atoms with Gasteiger partial charge in [0.05, 0.1) is 16.1 Å². The second-order valence-electron chi connectivity index (χ2n) is 4.51. The average molecular weight is 335 g/mol. The van der Waals surface area contributed by atoms with Crippen molar-refractivity contribution in [2.24, 2.45) is 0 Å². The van der Waals surface area contributed by atoms with Gasteiger partial charge in [-0.15, -0.1) is 0 Å². The minimum Gasteiger partial charge on any atom is -0.476 e. The Morgan fingerprint density at radius 2 is 1.77 bits per heavy atom. The first-order valence-electron chi connectivity index (χ1n) is 6.20. The largest absolute Gasteiger partial charge is 0.476 e. The molecule has 0 aliphatic carbocycles. The first-order chi connectivity index (χ1) is 10.5. The van der Waals surface area contributed by atoms with Crippen molar-refractivity contribution in [2.45, 2.75) is 0 Å². The molecule has 5 nitrogen and oxygen atoms in total. The van der Waals surface area contributed by atoms with Gasteiger partial charge in [-0.2, -0.15) is 9.78 Å². The third kappa shape index (κ3) is 2.34. The van der Waals surface area contributed by atoms with Crippen molar-refractivity contribution in [3.8, 4) is 5.69 Å². The molecule has 0 aliphatic rings. The number of fused-ring (bicyclic) bond motifs is 1. The van der Waals surface area contributed by atoms with Gasteiger partial charge in [-0.05, 0) is 24.3 Å². The third-order valence-electron chi connectivity index (χ3n) is 3.15. The lowest BCUT2D eigenvalue weighted by atomic mass is 10.1. The first-order valence-corrected chi connectivity index (χ1v) is 6.95. The maximum Gasteiger partial charge on any atom is 0.357 e. The summed E-state index contributed by atoms with van der Waals surface area (Å²) in [5, 5.41) is 14.4. The van der Waals surface area contributed by atoms with Gasteiger partial charge >= 0.3 is 5.97 Å². The molecule has 1 aromatic heterocycles. The molecular weight excluding hydrogens is 327 g/mol. The van der Waals surface area contributed by atoms with Gasteiger partial charge in [-0.3, -0.25) is 4.79 Å². The number of carboxylic acid groups (broad SMARTS) is 1. The van der Waals surface area contributed by atoms with E-state index >= 15 is 0 Å². The maximum absolute atomic E-state index is 12.6. The molecule has 110 valence electrons. The summed E-state index contributed by atoms with van der Waals surface area (Å²) in [6.45, 7) is 0. The number of nitrogens with zero attached hydrogens (tertiary/aromatic N) is 2. The Bertz CT molecular complexity index is 967. The summed E-state index contributed by atoms with van der Waals surface area (Å²) in [6.07, 6.45) is 0. The minimum absolute atomic E-state index is 0.203. The van der Waals surface area contributed by atoms with Gasteiger partial charge in [0.25, 0.3) is 5.56 Å². The zero-order valence-corrected chi connectivity index (χ0v) is 12.5. The third-order valence-corrected chi connectivity index (χ3v) is 3.68. The Balaban J connectivity index is 2.42. The Morgan fingerprint density at radius 1 is 1.09 bits per heavy atom. The Labute approximate surface area is 134 Å². The summed E-state index contributed by atoms with van der Waals surface area (Å²) in [5.41, 5.74) is -0.407. The molecule has 3 aromatic rings. The van der Waals surface area contributed by atoms with Gasteiger partial charge < -0.3 is 5.11 Å². The van der Waals surface area contributed by atoms with Crippen molar-refractivity contribution < 1.29 is 9.90 Å². The lowest BCUT2D eigenvalue weighted by molar-refractivity contribution is 0.0691. The fraction of sp³-hybridized carbons (Fsp3) is 0. The lowest BCUT2D eigenvalue weighted by Crippen LogP contribution is -2.24. The van der Waals surface area contributed by atoms with Crippen molar-refractivity contribution in [1.29, 1.82) is 0 Å². The van der Waals surface area contributed by atoms with Gasteiger partial charge in [0.1, 0.15) is 0 Å². The molecule has 7 heteroatoms.